The fourth-order valence-corrected chi connectivity index (χ4v) is 1.92. The lowest BCUT2D eigenvalue weighted by atomic mass is 10.1. The van der Waals surface area contributed by atoms with Gasteiger partial charge in [0.1, 0.15) is 12.4 Å². The third-order valence-corrected chi connectivity index (χ3v) is 3.20. The first-order valence-corrected chi connectivity index (χ1v) is 6.68. The number of rotatable bonds is 6. The maximum absolute atomic E-state index is 8.75. The zero-order valence-corrected chi connectivity index (χ0v) is 11.3. The predicted octanol–water partition coefficient (Wildman–Crippen LogP) is 2.36. The summed E-state index contributed by atoms with van der Waals surface area (Å²) in [5, 5.41) is 8.75. The van der Waals surface area contributed by atoms with E-state index in [1.54, 1.807) is 7.11 Å². The summed E-state index contributed by atoms with van der Waals surface area (Å²) in [6, 6.07) is 5.83. The van der Waals surface area contributed by atoms with E-state index in [0.717, 1.165) is 29.4 Å². The highest BCUT2D eigenvalue weighted by Gasteiger charge is 2.20. The molecule has 0 heterocycles. The largest absolute Gasteiger partial charge is 0.495 e. The Hall–Kier alpha value is -1.50. The molecule has 3 heteroatoms. The fourth-order valence-electron chi connectivity index (χ4n) is 1.92. The number of aliphatic hydroxyl groups excluding tert-OH is 1. The summed E-state index contributed by atoms with van der Waals surface area (Å²) in [4.78, 5) is 0. The van der Waals surface area contributed by atoms with Crippen molar-refractivity contribution in [2.45, 2.75) is 25.9 Å². The van der Waals surface area contributed by atoms with Crippen LogP contribution in [0.1, 0.15) is 30.4 Å². The minimum absolute atomic E-state index is 0.148. The summed E-state index contributed by atoms with van der Waals surface area (Å²) in [5.41, 5.74) is 1.87. The minimum Gasteiger partial charge on any atom is -0.495 e. The Morgan fingerprint density at radius 3 is 2.89 bits per heavy atom. The Morgan fingerprint density at radius 2 is 2.21 bits per heavy atom. The van der Waals surface area contributed by atoms with Crippen LogP contribution in [0.2, 0.25) is 0 Å². The lowest BCUT2D eigenvalue weighted by Gasteiger charge is -2.07. The SMILES string of the molecule is COc1ccc(COCCC2CC2)cc1C#CCO. The molecule has 0 amide bonds. The molecule has 1 aliphatic carbocycles. The second-order valence-corrected chi connectivity index (χ2v) is 4.78. The van der Waals surface area contributed by atoms with E-state index in [-0.39, 0.29) is 6.61 Å². The van der Waals surface area contributed by atoms with Gasteiger partial charge in [-0.3, -0.25) is 0 Å². The highest BCUT2D eigenvalue weighted by Crippen LogP contribution is 2.32. The van der Waals surface area contributed by atoms with Gasteiger partial charge in [0.2, 0.25) is 0 Å². The van der Waals surface area contributed by atoms with Crippen LogP contribution in [0.4, 0.5) is 0 Å². The van der Waals surface area contributed by atoms with Crippen LogP contribution >= 0.6 is 0 Å². The highest BCUT2D eigenvalue weighted by molar-refractivity contribution is 5.48. The zero-order valence-electron chi connectivity index (χ0n) is 11.3. The Labute approximate surface area is 114 Å². The average molecular weight is 260 g/mol. The molecule has 0 atom stereocenters. The second kappa shape index (κ2) is 7.18. The Balaban J connectivity index is 1.91. The van der Waals surface area contributed by atoms with E-state index >= 15 is 0 Å². The first kappa shape index (κ1) is 13.9. The summed E-state index contributed by atoms with van der Waals surface area (Å²) in [7, 11) is 1.62. The van der Waals surface area contributed by atoms with Gasteiger partial charge in [0.15, 0.2) is 0 Å². The van der Waals surface area contributed by atoms with Crippen LogP contribution in [-0.2, 0) is 11.3 Å². The molecule has 1 aromatic carbocycles. The topological polar surface area (TPSA) is 38.7 Å². The van der Waals surface area contributed by atoms with Crippen molar-refractivity contribution < 1.29 is 14.6 Å². The van der Waals surface area contributed by atoms with Gasteiger partial charge in [-0.1, -0.05) is 30.7 Å². The van der Waals surface area contributed by atoms with E-state index in [1.807, 2.05) is 18.2 Å². The van der Waals surface area contributed by atoms with Crippen LogP contribution < -0.4 is 4.74 Å². The van der Waals surface area contributed by atoms with Crippen LogP contribution in [0.25, 0.3) is 0 Å². The molecule has 0 spiro atoms. The maximum Gasteiger partial charge on any atom is 0.134 e. The van der Waals surface area contributed by atoms with Crippen molar-refractivity contribution in [3.63, 3.8) is 0 Å². The maximum atomic E-state index is 8.75. The normalized spacial score (nSPS) is 13.8. The van der Waals surface area contributed by atoms with Crippen LogP contribution in [0.5, 0.6) is 5.75 Å². The lowest BCUT2D eigenvalue weighted by Crippen LogP contribution is -1.98. The summed E-state index contributed by atoms with van der Waals surface area (Å²) >= 11 is 0. The van der Waals surface area contributed by atoms with Crippen molar-refractivity contribution in [1.82, 2.24) is 0 Å². The molecular weight excluding hydrogens is 240 g/mol. The molecule has 0 saturated heterocycles. The Morgan fingerprint density at radius 1 is 1.37 bits per heavy atom. The van der Waals surface area contributed by atoms with Crippen LogP contribution in [0.15, 0.2) is 18.2 Å². The molecule has 1 aromatic rings. The summed E-state index contributed by atoms with van der Waals surface area (Å²) in [6.07, 6.45) is 3.91. The molecule has 0 bridgehead atoms. The Kier molecular flexibility index (Phi) is 5.26. The van der Waals surface area contributed by atoms with E-state index in [4.69, 9.17) is 14.6 Å². The number of hydrogen-bond acceptors (Lipinski definition) is 3. The van der Waals surface area contributed by atoms with Crippen molar-refractivity contribution in [2.24, 2.45) is 5.92 Å². The molecule has 0 aliphatic heterocycles. The number of methoxy groups -OCH3 is 1. The third kappa shape index (κ3) is 4.59. The van der Waals surface area contributed by atoms with Gasteiger partial charge in [-0.2, -0.15) is 0 Å². The third-order valence-electron chi connectivity index (χ3n) is 3.20. The molecule has 0 unspecified atom stereocenters. The molecule has 1 fully saturated rings. The van der Waals surface area contributed by atoms with Crippen molar-refractivity contribution in [1.29, 1.82) is 0 Å². The fraction of sp³-hybridized carbons (Fsp3) is 0.500. The van der Waals surface area contributed by atoms with E-state index in [1.165, 1.54) is 19.3 Å². The summed E-state index contributed by atoms with van der Waals surface area (Å²) < 4.78 is 10.9. The second-order valence-electron chi connectivity index (χ2n) is 4.78. The molecule has 1 aliphatic rings. The quantitative estimate of drug-likeness (QED) is 0.630. The van der Waals surface area contributed by atoms with Gasteiger partial charge in [0, 0.05) is 6.61 Å². The zero-order chi connectivity index (χ0) is 13.5. The van der Waals surface area contributed by atoms with E-state index in [9.17, 15) is 0 Å². The molecule has 3 nitrogen and oxygen atoms in total. The van der Waals surface area contributed by atoms with Gasteiger partial charge in [-0.05, 0) is 30.0 Å². The van der Waals surface area contributed by atoms with Crippen molar-refractivity contribution >= 4 is 0 Å². The van der Waals surface area contributed by atoms with Crippen molar-refractivity contribution in [3.8, 4) is 17.6 Å². The van der Waals surface area contributed by atoms with Crippen LogP contribution in [-0.4, -0.2) is 25.4 Å². The molecular formula is C16H20O3. The monoisotopic (exact) mass is 260 g/mol. The summed E-state index contributed by atoms with van der Waals surface area (Å²) in [5.74, 6) is 7.16. The molecule has 0 radical (unpaired) electrons. The highest BCUT2D eigenvalue weighted by atomic mass is 16.5. The molecule has 1 N–H and O–H groups in total. The van der Waals surface area contributed by atoms with Gasteiger partial charge in [0.25, 0.3) is 0 Å². The smallest absolute Gasteiger partial charge is 0.134 e. The van der Waals surface area contributed by atoms with E-state index in [2.05, 4.69) is 11.8 Å². The first-order valence-electron chi connectivity index (χ1n) is 6.68. The molecule has 2 rings (SSSR count). The van der Waals surface area contributed by atoms with Crippen LogP contribution in [0, 0.1) is 17.8 Å². The average Bonchev–Trinajstić information content (AvgIpc) is 3.25. The molecule has 0 aromatic heterocycles. The van der Waals surface area contributed by atoms with Crippen LogP contribution in [0.3, 0.4) is 0 Å². The minimum atomic E-state index is -0.148. The van der Waals surface area contributed by atoms with Gasteiger partial charge >= 0.3 is 0 Å². The molecule has 19 heavy (non-hydrogen) atoms. The standard InChI is InChI=1S/C16H20O3/c1-18-16-7-6-14(11-15(16)3-2-9-17)12-19-10-8-13-4-5-13/h6-7,11,13,17H,4-5,8-10,12H2,1H3. The molecule has 1 saturated carbocycles. The van der Waals surface area contributed by atoms with Gasteiger partial charge in [0.05, 0.1) is 19.3 Å². The summed E-state index contributed by atoms with van der Waals surface area (Å²) in [6.45, 7) is 1.28. The van der Waals surface area contributed by atoms with Crippen molar-refractivity contribution in [3.05, 3.63) is 29.3 Å². The Bertz CT molecular complexity index is 467. The number of hydrogen-bond donors (Lipinski definition) is 1. The van der Waals surface area contributed by atoms with E-state index < -0.39 is 0 Å². The lowest BCUT2D eigenvalue weighted by molar-refractivity contribution is 0.115. The molecule has 102 valence electrons. The van der Waals surface area contributed by atoms with E-state index in [0.29, 0.717) is 6.61 Å². The number of ether oxygens (including phenoxy) is 2. The van der Waals surface area contributed by atoms with Gasteiger partial charge in [-0.15, -0.1) is 0 Å². The first-order chi connectivity index (χ1) is 9.33. The van der Waals surface area contributed by atoms with Gasteiger partial charge in [-0.25, -0.2) is 0 Å². The number of benzene rings is 1. The van der Waals surface area contributed by atoms with Crippen molar-refractivity contribution in [2.75, 3.05) is 20.3 Å². The predicted molar refractivity (Wildman–Crippen MR) is 74.0 cm³/mol. The number of aliphatic hydroxyl groups is 1. The van der Waals surface area contributed by atoms with Gasteiger partial charge < -0.3 is 14.6 Å².